The third-order valence-electron chi connectivity index (χ3n) is 5.90. The number of carbonyl (C=O) groups is 3. The molecule has 1 aliphatic heterocycles. The van der Waals surface area contributed by atoms with Gasteiger partial charge in [-0.1, -0.05) is 47.9 Å². The topological polar surface area (TPSA) is 94.2 Å². The number of imide groups is 2. The van der Waals surface area contributed by atoms with Crippen LogP contribution >= 0.6 is 11.6 Å². The molecule has 0 atom stereocenters. The fourth-order valence-electron chi connectivity index (χ4n) is 4.24. The molecule has 8 nitrogen and oxygen atoms in total. The Bertz CT molecular complexity index is 1430. The maximum atomic E-state index is 13.3. The first-order chi connectivity index (χ1) is 18.7. The molecule has 9 heteroatoms. The minimum atomic E-state index is -0.838. The van der Waals surface area contributed by atoms with Crippen LogP contribution in [0.2, 0.25) is 5.02 Å². The van der Waals surface area contributed by atoms with Gasteiger partial charge in [0.25, 0.3) is 11.8 Å². The molecule has 3 aromatic rings. The third-order valence-corrected chi connectivity index (χ3v) is 6.18. The van der Waals surface area contributed by atoms with Gasteiger partial charge in [0.05, 0.1) is 24.4 Å². The Kier molecular flexibility index (Phi) is 8.56. The van der Waals surface area contributed by atoms with Crippen LogP contribution in [0.3, 0.4) is 0 Å². The standard InChI is InChI=1S/C30H29ClN2O6/c1-5-10-38-23-8-6-22(7-9-23)33-29(35)24(28(34)32-30(33)36)14-20-15-25(31)27(26(16-20)37-4)39-17-21-12-18(2)11-19(3)13-21/h6-9,11-16H,5,10,17H2,1-4H3,(H,32,34,36)/b24-14-. The lowest BCUT2D eigenvalue weighted by Gasteiger charge is -2.26. The Morgan fingerprint density at radius 1 is 0.949 bits per heavy atom. The van der Waals surface area contributed by atoms with Crippen LogP contribution in [0.1, 0.15) is 35.6 Å². The van der Waals surface area contributed by atoms with Crippen LogP contribution in [0.4, 0.5) is 10.5 Å². The molecule has 4 rings (SSSR count). The molecular formula is C30H29ClN2O6. The average Bonchev–Trinajstić information content (AvgIpc) is 2.89. The van der Waals surface area contributed by atoms with Crippen LogP contribution in [0.5, 0.6) is 17.2 Å². The summed E-state index contributed by atoms with van der Waals surface area (Å²) in [7, 11) is 1.47. The van der Waals surface area contributed by atoms with E-state index in [0.717, 1.165) is 28.0 Å². The van der Waals surface area contributed by atoms with Crippen LogP contribution in [-0.2, 0) is 16.2 Å². The second-order valence-electron chi connectivity index (χ2n) is 9.12. The van der Waals surface area contributed by atoms with Crippen molar-refractivity contribution >= 4 is 41.2 Å². The number of aryl methyl sites for hydroxylation is 2. The summed E-state index contributed by atoms with van der Waals surface area (Å²) in [6.45, 7) is 6.84. The number of benzene rings is 3. The molecular weight excluding hydrogens is 520 g/mol. The Morgan fingerprint density at radius 3 is 2.28 bits per heavy atom. The van der Waals surface area contributed by atoms with Gasteiger partial charge in [0.2, 0.25) is 0 Å². The van der Waals surface area contributed by atoms with Gasteiger partial charge in [-0.2, -0.15) is 0 Å². The first-order valence-electron chi connectivity index (χ1n) is 12.4. The second kappa shape index (κ2) is 12.0. The number of anilines is 1. The minimum absolute atomic E-state index is 0.233. The monoisotopic (exact) mass is 548 g/mol. The molecule has 1 aliphatic rings. The Labute approximate surface area is 232 Å². The van der Waals surface area contributed by atoms with Crippen molar-refractivity contribution in [2.24, 2.45) is 0 Å². The molecule has 0 bridgehead atoms. The zero-order valence-electron chi connectivity index (χ0n) is 22.2. The molecule has 1 heterocycles. The number of methoxy groups -OCH3 is 1. The number of urea groups is 1. The van der Waals surface area contributed by atoms with E-state index in [1.54, 1.807) is 36.4 Å². The van der Waals surface area contributed by atoms with Crippen LogP contribution < -0.4 is 24.4 Å². The largest absolute Gasteiger partial charge is 0.494 e. The highest BCUT2D eigenvalue weighted by molar-refractivity contribution is 6.39. The highest BCUT2D eigenvalue weighted by Gasteiger charge is 2.37. The molecule has 4 amide bonds. The van der Waals surface area contributed by atoms with Crippen LogP contribution in [0.15, 0.2) is 60.2 Å². The first-order valence-corrected chi connectivity index (χ1v) is 12.8. The van der Waals surface area contributed by atoms with Crippen molar-refractivity contribution in [3.63, 3.8) is 0 Å². The predicted octanol–water partition coefficient (Wildman–Crippen LogP) is 6.00. The van der Waals surface area contributed by atoms with E-state index in [-0.39, 0.29) is 17.2 Å². The van der Waals surface area contributed by atoms with Gasteiger partial charge in [0.15, 0.2) is 11.5 Å². The van der Waals surface area contributed by atoms with Crippen LogP contribution in [0.25, 0.3) is 6.08 Å². The SMILES string of the molecule is CCCOc1ccc(N2C(=O)NC(=O)/C(=C/c3cc(Cl)c(OCc4cc(C)cc(C)c4)c(OC)c3)C2=O)cc1. The van der Waals surface area contributed by atoms with Gasteiger partial charge < -0.3 is 14.2 Å². The third kappa shape index (κ3) is 6.41. The van der Waals surface area contributed by atoms with E-state index in [2.05, 4.69) is 11.4 Å². The van der Waals surface area contributed by atoms with E-state index in [0.29, 0.717) is 35.1 Å². The molecule has 0 aliphatic carbocycles. The fourth-order valence-corrected chi connectivity index (χ4v) is 4.51. The maximum absolute atomic E-state index is 13.3. The van der Waals surface area contributed by atoms with Crippen LogP contribution in [0, 0.1) is 13.8 Å². The van der Waals surface area contributed by atoms with Crippen molar-refractivity contribution < 1.29 is 28.6 Å². The second-order valence-corrected chi connectivity index (χ2v) is 9.53. The lowest BCUT2D eigenvalue weighted by molar-refractivity contribution is -0.122. The molecule has 0 aromatic heterocycles. The Balaban J connectivity index is 1.60. The van der Waals surface area contributed by atoms with Gasteiger partial charge in [0.1, 0.15) is 17.9 Å². The quantitative estimate of drug-likeness (QED) is 0.260. The van der Waals surface area contributed by atoms with Gasteiger partial charge in [-0.3, -0.25) is 14.9 Å². The van der Waals surface area contributed by atoms with E-state index in [1.807, 2.05) is 32.9 Å². The number of ether oxygens (including phenoxy) is 3. The number of nitrogens with one attached hydrogen (secondary N) is 1. The number of hydrogen-bond donors (Lipinski definition) is 1. The van der Waals surface area contributed by atoms with Crippen molar-refractivity contribution in [2.75, 3.05) is 18.6 Å². The summed E-state index contributed by atoms with van der Waals surface area (Å²) in [5.41, 5.74) is 3.71. The van der Waals surface area contributed by atoms with E-state index >= 15 is 0 Å². The van der Waals surface area contributed by atoms with E-state index in [4.69, 9.17) is 25.8 Å². The minimum Gasteiger partial charge on any atom is -0.494 e. The lowest BCUT2D eigenvalue weighted by Crippen LogP contribution is -2.54. The van der Waals surface area contributed by atoms with Crippen molar-refractivity contribution in [2.45, 2.75) is 33.8 Å². The normalized spacial score (nSPS) is 14.4. The van der Waals surface area contributed by atoms with Crippen LogP contribution in [-0.4, -0.2) is 31.6 Å². The summed E-state index contributed by atoms with van der Waals surface area (Å²) in [5, 5.41) is 2.46. The number of barbiturate groups is 1. The molecule has 0 radical (unpaired) electrons. The lowest BCUT2D eigenvalue weighted by atomic mass is 10.1. The molecule has 0 unspecified atom stereocenters. The Hall–Kier alpha value is -4.30. The maximum Gasteiger partial charge on any atom is 0.335 e. The molecule has 202 valence electrons. The summed E-state index contributed by atoms with van der Waals surface area (Å²) < 4.78 is 17.0. The van der Waals surface area contributed by atoms with Gasteiger partial charge >= 0.3 is 6.03 Å². The van der Waals surface area contributed by atoms with Crippen molar-refractivity contribution in [1.82, 2.24) is 5.32 Å². The summed E-state index contributed by atoms with van der Waals surface area (Å²) >= 11 is 6.54. The summed E-state index contributed by atoms with van der Waals surface area (Å²) in [6.07, 6.45) is 2.21. The number of hydrogen-bond acceptors (Lipinski definition) is 6. The van der Waals surface area contributed by atoms with E-state index in [1.165, 1.54) is 13.2 Å². The zero-order valence-corrected chi connectivity index (χ0v) is 22.9. The van der Waals surface area contributed by atoms with E-state index < -0.39 is 17.8 Å². The summed E-state index contributed by atoms with van der Waals surface area (Å²) in [4.78, 5) is 39.4. The van der Waals surface area contributed by atoms with Gasteiger partial charge in [0, 0.05) is 0 Å². The zero-order chi connectivity index (χ0) is 28.1. The number of nitrogens with zero attached hydrogens (tertiary/aromatic N) is 1. The molecule has 39 heavy (non-hydrogen) atoms. The van der Waals surface area contributed by atoms with Crippen molar-refractivity contribution in [3.05, 3.63) is 87.4 Å². The predicted molar refractivity (Wildman–Crippen MR) is 149 cm³/mol. The molecule has 0 spiro atoms. The highest BCUT2D eigenvalue weighted by Crippen LogP contribution is 2.38. The highest BCUT2D eigenvalue weighted by atomic mass is 35.5. The van der Waals surface area contributed by atoms with Gasteiger partial charge in [-0.25, -0.2) is 9.69 Å². The number of rotatable bonds is 9. The molecule has 1 N–H and O–H groups in total. The number of halogens is 1. The molecule has 0 saturated carbocycles. The Morgan fingerprint density at radius 2 is 1.64 bits per heavy atom. The fraction of sp³-hybridized carbons (Fsp3) is 0.233. The summed E-state index contributed by atoms with van der Waals surface area (Å²) in [6, 6.07) is 14.9. The molecule has 3 aromatic carbocycles. The van der Waals surface area contributed by atoms with Gasteiger partial charge in [-0.05, 0) is 73.9 Å². The first kappa shape index (κ1) is 27.7. The number of amides is 4. The van der Waals surface area contributed by atoms with Crippen molar-refractivity contribution in [3.8, 4) is 17.2 Å². The average molecular weight is 549 g/mol. The van der Waals surface area contributed by atoms with Gasteiger partial charge in [-0.15, -0.1) is 0 Å². The number of carbonyl (C=O) groups excluding carboxylic acids is 3. The smallest absolute Gasteiger partial charge is 0.335 e. The van der Waals surface area contributed by atoms with Crippen molar-refractivity contribution in [1.29, 1.82) is 0 Å². The molecule has 1 saturated heterocycles. The van der Waals surface area contributed by atoms with E-state index in [9.17, 15) is 14.4 Å². The molecule has 1 fully saturated rings. The summed E-state index contributed by atoms with van der Waals surface area (Å²) in [5.74, 6) is -0.301.